The first kappa shape index (κ1) is 27.1. The summed E-state index contributed by atoms with van der Waals surface area (Å²) in [5.74, 6) is 0. The number of rotatable bonds is 11. The molecule has 0 rings (SSSR count). The van der Waals surface area contributed by atoms with Crippen LogP contribution < -0.4 is 0 Å². The van der Waals surface area contributed by atoms with E-state index in [-0.39, 0.29) is 0 Å². The van der Waals surface area contributed by atoms with E-state index < -0.39 is 50.4 Å². The van der Waals surface area contributed by atoms with Gasteiger partial charge in [-0.25, -0.2) is 0 Å². The molecule has 0 unspecified atom stereocenters. The Morgan fingerprint density at radius 1 is 0.385 bits per heavy atom. The summed E-state index contributed by atoms with van der Waals surface area (Å²) in [5.41, 5.74) is 0. The van der Waals surface area contributed by atoms with Crippen molar-refractivity contribution < 1.29 is 16.5 Å². The van der Waals surface area contributed by atoms with Crippen LogP contribution >= 0.6 is 0 Å². The summed E-state index contributed by atoms with van der Waals surface area (Å²) in [4.78, 5) is 0. The summed E-state index contributed by atoms with van der Waals surface area (Å²) < 4.78 is 26.9. The van der Waals surface area contributed by atoms with E-state index in [1.807, 2.05) is 0 Å². The van der Waals surface area contributed by atoms with Crippen LogP contribution in [0.2, 0.25) is 104 Å². The second-order valence-electron chi connectivity index (χ2n) is 11.8. The molecule has 26 heavy (non-hydrogen) atoms. The zero-order valence-electron chi connectivity index (χ0n) is 20.0. The molecule has 0 aromatic carbocycles. The standard InChI is InChI=1S/C16H46O4Si6/c1-21(2,3)17-25(13,14)15-16-26(18-22(4,5)6,19-23(7,8)9)20-24(10,11)12/h15-16H2,1-14H3. The van der Waals surface area contributed by atoms with Gasteiger partial charge >= 0.3 is 8.80 Å². The average molecular weight is 471 g/mol. The summed E-state index contributed by atoms with van der Waals surface area (Å²) in [5, 5.41) is 0. The van der Waals surface area contributed by atoms with Crippen LogP contribution in [-0.4, -0.2) is 50.4 Å². The zero-order valence-corrected chi connectivity index (χ0v) is 26.0. The minimum atomic E-state index is -2.73. The van der Waals surface area contributed by atoms with Gasteiger partial charge in [-0.15, -0.1) is 0 Å². The highest BCUT2D eigenvalue weighted by molar-refractivity contribution is 6.91. The second-order valence-corrected chi connectivity index (χ2v) is 37.9. The summed E-state index contributed by atoms with van der Waals surface area (Å²) in [6.07, 6.45) is 0. The van der Waals surface area contributed by atoms with Crippen LogP contribution in [0.1, 0.15) is 0 Å². The van der Waals surface area contributed by atoms with Gasteiger partial charge in [0.05, 0.1) is 0 Å². The van der Waals surface area contributed by atoms with Gasteiger partial charge in [-0.2, -0.15) is 0 Å². The van der Waals surface area contributed by atoms with E-state index in [4.69, 9.17) is 16.5 Å². The third-order valence-corrected chi connectivity index (χ3v) is 21.6. The summed E-state index contributed by atoms with van der Waals surface area (Å²) >= 11 is 0. The largest absolute Gasteiger partial charge is 0.469 e. The molecule has 0 spiro atoms. The first-order valence-electron chi connectivity index (χ1n) is 9.84. The first-order chi connectivity index (χ1) is 11.0. The van der Waals surface area contributed by atoms with Crippen molar-refractivity contribution in [3.8, 4) is 0 Å². The van der Waals surface area contributed by atoms with E-state index in [0.717, 1.165) is 12.1 Å². The minimum Gasteiger partial charge on any atom is -0.456 e. The van der Waals surface area contributed by atoms with Gasteiger partial charge in [0, 0.05) is 6.04 Å². The molecule has 0 aliphatic carbocycles. The van der Waals surface area contributed by atoms with Crippen LogP contribution in [-0.2, 0) is 16.5 Å². The molecule has 0 amide bonds. The van der Waals surface area contributed by atoms with Crippen molar-refractivity contribution in [1.29, 1.82) is 0 Å². The molecule has 0 N–H and O–H groups in total. The predicted octanol–water partition coefficient (Wildman–Crippen LogP) is 6.54. The van der Waals surface area contributed by atoms with E-state index in [1.54, 1.807) is 0 Å². The lowest BCUT2D eigenvalue weighted by atomic mass is 10.9. The lowest BCUT2D eigenvalue weighted by Crippen LogP contribution is -2.61. The topological polar surface area (TPSA) is 36.9 Å². The smallest absolute Gasteiger partial charge is 0.456 e. The number of hydrogen-bond acceptors (Lipinski definition) is 4. The minimum absolute atomic E-state index is 0.898. The third-order valence-electron chi connectivity index (χ3n) is 3.00. The average Bonchev–Trinajstić information content (AvgIpc) is 2.15. The SMILES string of the molecule is C[Si](C)(C)O[Si](C)(C)CC[Si](O[Si](C)(C)C)(O[Si](C)(C)C)O[Si](C)(C)C. The van der Waals surface area contributed by atoms with Gasteiger partial charge in [-0.05, 0) is 97.7 Å². The van der Waals surface area contributed by atoms with Crippen molar-refractivity contribution in [3.05, 3.63) is 0 Å². The van der Waals surface area contributed by atoms with E-state index in [1.165, 1.54) is 0 Å². The summed E-state index contributed by atoms with van der Waals surface area (Å²) in [7, 11) is -11.4. The fourth-order valence-electron chi connectivity index (χ4n) is 2.95. The molecule has 158 valence electrons. The highest BCUT2D eigenvalue weighted by Crippen LogP contribution is 2.33. The molecule has 0 aliphatic rings. The Balaban J connectivity index is 5.71. The lowest BCUT2D eigenvalue weighted by Gasteiger charge is -2.44. The summed E-state index contributed by atoms with van der Waals surface area (Å²) in [6.45, 7) is 31.7. The predicted molar refractivity (Wildman–Crippen MR) is 131 cm³/mol. The molecule has 0 saturated heterocycles. The van der Waals surface area contributed by atoms with Crippen LogP contribution in [0.15, 0.2) is 0 Å². The van der Waals surface area contributed by atoms with Crippen LogP contribution in [0.5, 0.6) is 0 Å². The quantitative estimate of drug-likeness (QED) is 0.321. The Morgan fingerprint density at radius 3 is 0.885 bits per heavy atom. The Hall–Kier alpha value is 1.14. The molecule has 0 radical (unpaired) electrons. The maximum atomic E-state index is 6.78. The van der Waals surface area contributed by atoms with Gasteiger partial charge in [0.1, 0.15) is 0 Å². The maximum absolute atomic E-state index is 6.78. The van der Waals surface area contributed by atoms with Crippen molar-refractivity contribution in [1.82, 2.24) is 0 Å². The normalized spacial score (nSPS) is 15.5. The van der Waals surface area contributed by atoms with E-state index >= 15 is 0 Å². The molecule has 4 nitrogen and oxygen atoms in total. The highest BCUT2D eigenvalue weighted by Gasteiger charge is 2.51. The van der Waals surface area contributed by atoms with Gasteiger partial charge in [0.15, 0.2) is 41.6 Å². The van der Waals surface area contributed by atoms with Crippen molar-refractivity contribution in [2.24, 2.45) is 0 Å². The molecule has 0 aliphatic heterocycles. The highest BCUT2D eigenvalue weighted by atomic mass is 28.5. The fraction of sp³-hybridized carbons (Fsp3) is 1.00. The van der Waals surface area contributed by atoms with E-state index in [9.17, 15) is 0 Å². The van der Waals surface area contributed by atoms with Gasteiger partial charge in [0.25, 0.3) is 0 Å². The van der Waals surface area contributed by atoms with Gasteiger partial charge < -0.3 is 16.5 Å². The molecule has 0 aromatic rings. The number of hydrogen-bond donors (Lipinski definition) is 0. The maximum Gasteiger partial charge on any atom is 0.469 e. The monoisotopic (exact) mass is 470 g/mol. The van der Waals surface area contributed by atoms with Crippen molar-refractivity contribution in [2.75, 3.05) is 0 Å². The van der Waals surface area contributed by atoms with Crippen LogP contribution in [0, 0.1) is 0 Å². The van der Waals surface area contributed by atoms with Gasteiger partial charge in [-0.3, -0.25) is 0 Å². The molecular formula is C16H46O4Si6. The molecule has 0 bridgehead atoms. The van der Waals surface area contributed by atoms with Crippen LogP contribution in [0.3, 0.4) is 0 Å². The molecule has 0 heterocycles. The summed E-state index contributed by atoms with van der Waals surface area (Å²) in [6, 6.07) is 1.94. The Kier molecular flexibility index (Phi) is 9.27. The van der Waals surface area contributed by atoms with Crippen LogP contribution in [0.4, 0.5) is 0 Å². The van der Waals surface area contributed by atoms with Crippen molar-refractivity contribution in [2.45, 2.75) is 104 Å². The molecule has 10 heteroatoms. The Morgan fingerprint density at radius 2 is 0.654 bits per heavy atom. The molecule has 0 aromatic heterocycles. The van der Waals surface area contributed by atoms with Crippen molar-refractivity contribution >= 4 is 50.4 Å². The van der Waals surface area contributed by atoms with Crippen molar-refractivity contribution in [3.63, 3.8) is 0 Å². The van der Waals surface area contributed by atoms with E-state index in [0.29, 0.717) is 0 Å². The first-order valence-corrected chi connectivity index (χ1v) is 28.5. The van der Waals surface area contributed by atoms with Gasteiger partial charge in [0.2, 0.25) is 0 Å². The lowest BCUT2D eigenvalue weighted by molar-refractivity contribution is 0.253. The second kappa shape index (κ2) is 8.88. The molecular weight excluding hydrogens is 425 g/mol. The molecule has 0 atom stereocenters. The van der Waals surface area contributed by atoms with E-state index in [2.05, 4.69) is 91.7 Å². The zero-order chi connectivity index (χ0) is 21.2. The molecule has 0 fully saturated rings. The van der Waals surface area contributed by atoms with Crippen LogP contribution in [0.25, 0.3) is 0 Å². The molecule has 0 saturated carbocycles. The Bertz CT molecular complexity index is 403. The third kappa shape index (κ3) is 14.2. The fourth-order valence-corrected chi connectivity index (χ4v) is 27.7. The van der Waals surface area contributed by atoms with Gasteiger partial charge in [-0.1, -0.05) is 0 Å². The Labute approximate surface area is 170 Å².